The maximum atomic E-state index is 5.91. The fourth-order valence-electron chi connectivity index (χ4n) is 2.08. The number of fused-ring (bicyclic) bond motifs is 1. The van der Waals surface area contributed by atoms with E-state index < -0.39 is 0 Å². The predicted octanol–water partition coefficient (Wildman–Crippen LogP) is 4.52. The molecule has 0 bridgehead atoms. The lowest BCUT2D eigenvalue weighted by Gasteiger charge is -2.02. The first-order valence-electron chi connectivity index (χ1n) is 5.54. The summed E-state index contributed by atoms with van der Waals surface area (Å²) < 4.78 is 5.68. The first-order valence-corrected chi connectivity index (χ1v) is 6.80. The molecule has 0 N–H and O–H groups in total. The first kappa shape index (κ1) is 10.5. The van der Waals surface area contributed by atoms with Gasteiger partial charge in [0.15, 0.2) is 5.58 Å². The van der Waals surface area contributed by atoms with Crippen molar-refractivity contribution in [2.24, 2.45) is 0 Å². The summed E-state index contributed by atoms with van der Waals surface area (Å²) in [5, 5.41) is 2.17. The minimum absolute atomic E-state index is 0.684. The van der Waals surface area contributed by atoms with Gasteiger partial charge in [-0.3, -0.25) is 0 Å². The number of benzene rings is 1. The molecule has 0 atom stereocenters. The minimum atomic E-state index is 0.684. The molecule has 16 heavy (non-hydrogen) atoms. The Balaban J connectivity index is 1.86. The number of thioether (sulfide) groups is 1. The van der Waals surface area contributed by atoms with Gasteiger partial charge in [0.2, 0.25) is 0 Å². The maximum Gasteiger partial charge on any atom is 0.257 e. The highest BCUT2D eigenvalue weighted by Gasteiger charge is 2.19. The molecule has 2 aromatic rings. The Kier molecular flexibility index (Phi) is 2.82. The van der Waals surface area contributed by atoms with Gasteiger partial charge in [-0.25, -0.2) is 4.98 Å². The van der Waals surface area contributed by atoms with Crippen molar-refractivity contribution in [2.45, 2.75) is 36.2 Å². The molecule has 0 spiro atoms. The summed E-state index contributed by atoms with van der Waals surface area (Å²) in [6.07, 6.45) is 5.24. The third-order valence-corrected chi connectivity index (χ3v) is 4.32. The summed E-state index contributed by atoms with van der Waals surface area (Å²) in [6, 6.07) is 5.56. The normalized spacial score (nSPS) is 17.3. The largest absolute Gasteiger partial charge is 0.431 e. The average molecular weight is 254 g/mol. The fourth-order valence-corrected chi connectivity index (χ4v) is 3.39. The van der Waals surface area contributed by atoms with Crippen LogP contribution in [0.4, 0.5) is 0 Å². The number of halogens is 1. The van der Waals surface area contributed by atoms with Crippen molar-refractivity contribution in [3.8, 4) is 0 Å². The van der Waals surface area contributed by atoms with Gasteiger partial charge in [-0.05, 0) is 31.0 Å². The molecule has 1 fully saturated rings. The monoisotopic (exact) mass is 253 g/mol. The number of hydrogen-bond donors (Lipinski definition) is 0. The van der Waals surface area contributed by atoms with E-state index in [2.05, 4.69) is 4.98 Å². The van der Waals surface area contributed by atoms with Crippen LogP contribution in [0.2, 0.25) is 5.02 Å². The molecule has 84 valence electrons. The number of hydrogen-bond acceptors (Lipinski definition) is 3. The molecule has 0 aliphatic heterocycles. The number of oxazole rings is 1. The van der Waals surface area contributed by atoms with Crippen molar-refractivity contribution in [1.29, 1.82) is 0 Å². The molecule has 1 aliphatic rings. The number of rotatable bonds is 2. The first-order chi connectivity index (χ1) is 7.81. The van der Waals surface area contributed by atoms with Crippen LogP contribution in [-0.4, -0.2) is 10.2 Å². The SMILES string of the molecule is Clc1ccc2oc(SC3CCCC3)nc2c1. The van der Waals surface area contributed by atoms with Crippen LogP contribution in [0.25, 0.3) is 11.1 Å². The molecule has 1 aliphatic carbocycles. The molecule has 1 aromatic carbocycles. The second-order valence-corrected chi connectivity index (χ2v) is 5.80. The summed E-state index contributed by atoms with van der Waals surface area (Å²) >= 11 is 7.67. The van der Waals surface area contributed by atoms with Crippen molar-refractivity contribution in [3.05, 3.63) is 23.2 Å². The molecule has 0 unspecified atom stereocenters. The second kappa shape index (κ2) is 4.30. The molecule has 1 aromatic heterocycles. The smallest absolute Gasteiger partial charge is 0.257 e. The quantitative estimate of drug-likeness (QED) is 0.787. The lowest BCUT2D eigenvalue weighted by molar-refractivity contribution is 0.488. The zero-order valence-electron chi connectivity index (χ0n) is 8.78. The molecular formula is C12H12ClNOS. The molecular weight excluding hydrogens is 242 g/mol. The highest BCUT2D eigenvalue weighted by molar-refractivity contribution is 7.99. The van der Waals surface area contributed by atoms with Crippen LogP contribution in [0.1, 0.15) is 25.7 Å². The Morgan fingerprint density at radius 3 is 2.94 bits per heavy atom. The van der Waals surface area contributed by atoms with E-state index in [9.17, 15) is 0 Å². The highest BCUT2D eigenvalue weighted by atomic mass is 35.5. The van der Waals surface area contributed by atoms with Crippen LogP contribution in [-0.2, 0) is 0 Å². The molecule has 1 saturated carbocycles. The maximum absolute atomic E-state index is 5.91. The van der Waals surface area contributed by atoms with E-state index in [-0.39, 0.29) is 0 Å². The molecule has 0 radical (unpaired) electrons. The third-order valence-electron chi connectivity index (χ3n) is 2.90. The Hall–Kier alpha value is -0.670. The summed E-state index contributed by atoms with van der Waals surface area (Å²) in [7, 11) is 0. The Bertz CT molecular complexity index is 505. The van der Waals surface area contributed by atoms with Crippen molar-refractivity contribution >= 4 is 34.5 Å². The molecule has 0 saturated heterocycles. The van der Waals surface area contributed by atoms with Crippen molar-refractivity contribution < 1.29 is 4.42 Å². The van der Waals surface area contributed by atoms with Crippen molar-refractivity contribution in [1.82, 2.24) is 4.98 Å². The van der Waals surface area contributed by atoms with Crippen LogP contribution >= 0.6 is 23.4 Å². The van der Waals surface area contributed by atoms with Gasteiger partial charge in [-0.2, -0.15) is 0 Å². The van der Waals surface area contributed by atoms with Gasteiger partial charge in [-0.1, -0.05) is 36.2 Å². The molecule has 2 nitrogen and oxygen atoms in total. The standard InChI is InChI=1S/C12H12ClNOS/c13-8-5-6-11-10(7-8)14-12(15-11)16-9-3-1-2-4-9/h5-7,9H,1-4H2. The zero-order chi connectivity index (χ0) is 11.0. The van der Waals surface area contributed by atoms with Crippen LogP contribution in [0.15, 0.2) is 27.8 Å². The fraction of sp³-hybridized carbons (Fsp3) is 0.417. The summed E-state index contributed by atoms with van der Waals surface area (Å²) in [5.74, 6) is 0. The van der Waals surface area contributed by atoms with E-state index in [0.717, 1.165) is 16.3 Å². The van der Waals surface area contributed by atoms with Crippen LogP contribution < -0.4 is 0 Å². The van der Waals surface area contributed by atoms with E-state index in [4.69, 9.17) is 16.0 Å². The number of nitrogens with zero attached hydrogens (tertiary/aromatic N) is 1. The summed E-state index contributed by atoms with van der Waals surface area (Å²) in [6.45, 7) is 0. The Labute approximate surface area is 103 Å². The molecule has 4 heteroatoms. The van der Waals surface area contributed by atoms with Gasteiger partial charge in [0, 0.05) is 10.3 Å². The third kappa shape index (κ3) is 2.06. The summed E-state index contributed by atoms with van der Waals surface area (Å²) in [4.78, 5) is 4.45. The highest BCUT2D eigenvalue weighted by Crippen LogP contribution is 2.35. The van der Waals surface area contributed by atoms with Gasteiger partial charge in [0.25, 0.3) is 5.22 Å². The average Bonchev–Trinajstić information content (AvgIpc) is 2.86. The van der Waals surface area contributed by atoms with Crippen LogP contribution in [0, 0.1) is 0 Å². The topological polar surface area (TPSA) is 26.0 Å². The van der Waals surface area contributed by atoms with Crippen LogP contribution in [0.3, 0.4) is 0 Å². The molecule has 3 rings (SSSR count). The number of aromatic nitrogens is 1. The van der Waals surface area contributed by atoms with Crippen LogP contribution in [0.5, 0.6) is 0 Å². The lowest BCUT2D eigenvalue weighted by Crippen LogP contribution is -1.92. The van der Waals surface area contributed by atoms with Crippen molar-refractivity contribution in [3.63, 3.8) is 0 Å². The van der Waals surface area contributed by atoms with E-state index in [1.165, 1.54) is 25.7 Å². The van der Waals surface area contributed by atoms with Crippen molar-refractivity contribution in [2.75, 3.05) is 0 Å². The minimum Gasteiger partial charge on any atom is -0.431 e. The van der Waals surface area contributed by atoms with Gasteiger partial charge in [-0.15, -0.1) is 0 Å². The van der Waals surface area contributed by atoms with Gasteiger partial charge >= 0.3 is 0 Å². The predicted molar refractivity (Wildman–Crippen MR) is 67.1 cm³/mol. The molecule has 0 amide bonds. The zero-order valence-corrected chi connectivity index (χ0v) is 10.4. The van der Waals surface area contributed by atoms with E-state index >= 15 is 0 Å². The van der Waals surface area contributed by atoms with E-state index in [1.807, 2.05) is 18.2 Å². The Morgan fingerprint density at radius 1 is 1.31 bits per heavy atom. The van der Waals surface area contributed by atoms with E-state index in [0.29, 0.717) is 10.3 Å². The second-order valence-electron chi connectivity index (χ2n) is 4.12. The van der Waals surface area contributed by atoms with Gasteiger partial charge in [0.1, 0.15) is 5.52 Å². The summed E-state index contributed by atoms with van der Waals surface area (Å²) in [5.41, 5.74) is 1.68. The lowest BCUT2D eigenvalue weighted by atomic mass is 10.3. The van der Waals surface area contributed by atoms with Gasteiger partial charge < -0.3 is 4.42 Å². The van der Waals surface area contributed by atoms with Gasteiger partial charge in [0.05, 0.1) is 0 Å². The van der Waals surface area contributed by atoms with E-state index in [1.54, 1.807) is 11.8 Å². The molecule has 1 heterocycles. The Morgan fingerprint density at radius 2 is 2.12 bits per heavy atom.